The van der Waals surface area contributed by atoms with Gasteiger partial charge in [-0.15, -0.1) is 0 Å². The van der Waals surface area contributed by atoms with Gasteiger partial charge in [0.2, 0.25) is 0 Å². The van der Waals surface area contributed by atoms with Crippen molar-refractivity contribution >= 4 is 11.9 Å². The highest BCUT2D eigenvalue weighted by Crippen LogP contribution is 2.22. The molecular weight excluding hydrogens is 242 g/mol. The average molecular weight is 261 g/mol. The summed E-state index contributed by atoms with van der Waals surface area (Å²) >= 11 is 0. The van der Waals surface area contributed by atoms with Gasteiger partial charge in [0.05, 0.1) is 5.56 Å². The summed E-state index contributed by atoms with van der Waals surface area (Å²) in [5.74, 6) is -0.507. The van der Waals surface area contributed by atoms with Gasteiger partial charge in [0.15, 0.2) is 0 Å². The second kappa shape index (κ2) is 6.36. The molecule has 1 fully saturated rings. The number of amides is 1. The second-order valence-electron chi connectivity index (χ2n) is 5.10. The van der Waals surface area contributed by atoms with Crippen LogP contribution in [0.4, 0.5) is 0 Å². The summed E-state index contributed by atoms with van der Waals surface area (Å²) in [6.07, 6.45) is 6.21. The zero-order chi connectivity index (χ0) is 13.7. The Labute approximate surface area is 112 Å². The summed E-state index contributed by atoms with van der Waals surface area (Å²) in [6.45, 7) is 0.722. The van der Waals surface area contributed by atoms with Crippen molar-refractivity contribution < 1.29 is 14.7 Å². The lowest BCUT2D eigenvalue weighted by molar-refractivity contribution is 0.0696. The van der Waals surface area contributed by atoms with Crippen LogP contribution in [0.25, 0.3) is 0 Å². The van der Waals surface area contributed by atoms with Crippen LogP contribution in [0.5, 0.6) is 0 Å². The van der Waals surface area contributed by atoms with Crippen molar-refractivity contribution in [1.29, 1.82) is 0 Å². The third kappa shape index (κ3) is 3.81. The number of carbonyl (C=O) groups is 2. The van der Waals surface area contributed by atoms with Crippen molar-refractivity contribution in [3.05, 3.63) is 35.4 Å². The molecule has 1 aromatic carbocycles. The first-order valence-corrected chi connectivity index (χ1v) is 6.78. The van der Waals surface area contributed by atoms with Crippen molar-refractivity contribution in [3.8, 4) is 0 Å². The van der Waals surface area contributed by atoms with Crippen LogP contribution in [0.2, 0.25) is 0 Å². The number of carboxylic acid groups (broad SMARTS) is 1. The van der Waals surface area contributed by atoms with E-state index in [9.17, 15) is 9.59 Å². The van der Waals surface area contributed by atoms with E-state index in [1.807, 2.05) is 0 Å². The average Bonchev–Trinajstić information content (AvgIpc) is 2.46. The predicted molar refractivity (Wildman–Crippen MR) is 72.3 cm³/mol. The molecule has 0 spiro atoms. The van der Waals surface area contributed by atoms with Crippen LogP contribution in [0.3, 0.4) is 0 Å². The molecular formula is C15H19NO3. The maximum absolute atomic E-state index is 11.9. The molecule has 0 unspecified atom stereocenters. The zero-order valence-corrected chi connectivity index (χ0v) is 10.9. The third-order valence-corrected chi connectivity index (χ3v) is 3.67. The molecule has 1 aromatic rings. The predicted octanol–water partition coefficient (Wildman–Crippen LogP) is 2.69. The van der Waals surface area contributed by atoms with Crippen molar-refractivity contribution in [2.75, 3.05) is 6.54 Å². The molecule has 4 heteroatoms. The molecule has 0 atom stereocenters. The highest BCUT2D eigenvalue weighted by molar-refractivity contribution is 5.95. The van der Waals surface area contributed by atoms with Crippen LogP contribution in [-0.4, -0.2) is 23.5 Å². The van der Waals surface area contributed by atoms with Gasteiger partial charge < -0.3 is 10.4 Å². The summed E-state index contributed by atoms with van der Waals surface area (Å²) in [4.78, 5) is 22.6. The molecule has 0 aliphatic heterocycles. The van der Waals surface area contributed by atoms with Gasteiger partial charge in [0.1, 0.15) is 0 Å². The van der Waals surface area contributed by atoms with Gasteiger partial charge >= 0.3 is 5.97 Å². The molecule has 102 valence electrons. The van der Waals surface area contributed by atoms with Gasteiger partial charge in [-0.05, 0) is 43.0 Å². The summed E-state index contributed by atoms with van der Waals surface area (Å²) in [5, 5.41) is 11.7. The molecule has 19 heavy (non-hydrogen) atoms. The van der Waals surface area contributed by atoms with E-state index in [-0.39, 0.29) is 11.5 Å². The first kappa shape index (κ1) is 13.6. The smallest absolute Gasteiger partial charge is 0.335 e. The van der Waals surface area contributed by atoms with Gasteiger partial charge in [-0.25, -0.2) is 4.79 Å². The molecule has 1 amide bonds. The molecule has 1 aliphatic rings. The Morgan fingerprint density at radius 3 is 2.21 bits per heavy atom. The van der Waals surface area contributed by atoms with E-state index in [2.05, 4.69) is 5.32 Å². The first-order chi connectivity index (χ1) is 9.16. The first-order valence-electron chi connectivity index (χ1n) is 6.78. The summed E-state index contributed by atoms with van der Waals surface area (Å²) in [7, 11) is 0. The van der Waals surface area contributed by atoms with Crippen molar-refractivity contribution in [1.82, 2.24) is 5.32 Å². The number of hydrogen-bond acceptors (Lipinski definition) is 2. The molecule has 0 radical (unpaired) electrons. The van der Waals surface area contributed by atoms with Crippen LogP contribution in [-0.2, 0) is 0 Å². The van der Waals surface area contributed by atoms with Crippen LogP contribution >= 0.6 is 0 Å². The summed E-state index contributed by atoms with van der Waals surface area (Å²) in [6, 6.07) is 6.02. The Morgan fingerprint density at radius 1 is 1.05 bits per heavy atom. The summed E-state index contributed by atoms with van der Waals surface area (Å²) < 4.78 is 0. The molecule has 4 nitrogen and oxygen atoms in total. The highest BCUT2D eigenvalue weighted by atomic mass is 16.4. The van der Waals surface area contributed by atoms with Crippen LogP contribution in [0.1, 0.15) is 52.8 Å². The van der Waals surface area contributed by atoms with E-state index in [0.717, 1.165) is 6.54 Å². The minimum absolute atomic E-state index is 0.123. The highest BCUT2D eigenvalue weighted by Gasteiger charge is 2.15. The van der Waals surface area contributed by atoms with E-state index in [0.29, 0.717) is 11.5 Å². The van der Waals surface area contributed by atoms with E-state index in [4.69, 9.17) is 5.11 Å². The van der Waals surface area contributed by atoms with E-state index < -0.39 is 5.97 Å². The standard InChI is InChI=1S/C15H19NO3/c17-14(16-10-11-4-2-1-3-5-11)12-6-8-13(9-7-12)15(18)19/h6-9,11H,1-5,10H2,(H,16,17)(H,18,19). The Hall–Kier alpha value is -1.84. The number of benzene rings is 1. The Morgan fingerprint density at radius 2 is 1.63 bits per heavy atom. The minimum atomic E-state index is -0.978. The third-order valence-electron chi connectivity index (χ3n) is 3.67. The SMILES string of the molecule is O=C(O)c1ccc(C(=O)NCC2CCCCC2)cc1. The lowest BCUT2D eigenvalue weighted by Crippen LogP contribution is -2.30. The number of nitrogens with one attached hydrogen (secondary N) is 1. The van der Waals surface area contributed by atoms with Gasteiger partial charge in [-0.2, -0.15) is 0 Å². The van der Waals surface area contributed by atoms with Crippen LogP contribution in [0.15, 0.2) is 24.3 Å². The van der Waals surface area contributed by atoms with Crippen LogP contribution < -0.4 is 5.32 Å². The van der Waals surface area contributed by atoms with Crippen molar-refractivity contribution in [2.45, 2.75) is 32.1 Å². The monoisotopic (exact) mass is 261 g/mol. The molecule has 0 saturated heterocycles. The fraction of sp³-hybridized carbons (Fsp3) is 0.467. The number of aromatic carboxylic acids is 1. The lowest BCUT2D eigenvalue weighted by atomic mass is 9.89. The van der Waals surface area contributed by atoms with Gasteiger partial charge in [0.25, 0.3) is 5.91 Å². The van der Waals surface area contributed by atoms with Crippen molar-refractivity contribution in [2.24, 2.45) is 5.92 Å². The maximum Gasteiger partial charge on any atom is 0.335 e. The Kier molecular flexibility index (Phi) is 4.55. The van der Waals surface area contributed by atoms with E-state index in [1.165, 1.54) is 44.2 Å². The fourth-order valence-electron chi connectivity index (χ4n) is 2.49. The topological polar surface area (TPSA) is 66.4 Å². The second-order valence-corrected chi connectivity index (χ2v) is 5.10. The largest absolute Gasteiger partial charge is 0.478 e. The maximum atomic E-state index is 11.9. The molecule has 0 bridgehead atoms. The fourth-order valence-corrected chi connectivity index (χ4v) is 2.49. The number of carboxylic acids is 1. The molecule has 2 N–H and O–H groups in total. The molecule has 0 heterocycles. The normalized spacial score (nSPS) is 16.0. The molecule has 2 rings (SSSR count). The molecule has 1 aliphatic carbocycles. The van der Waals surface area contributed by atoms with Gasteiger partial charge in [-0.3, -0.25) is 4.79 Å². The number of rotatable bonds is 4. The Bertz CT molecular complexity index is 447. The van der Waals surface area contributed by atoms with Crippen LogP contribution in [0, 0.1) is 5.92 Å². The zero-order valence-electron chi connectivity index (χ0n) is 10.9. The quantitative estimate of drug-likeness (QED) is 0.875. The van der Waals surface area contributed by atoms with Crippen molar-refractivity contribution in [3.63, 3.8) is 0 Å². The lowest BCUT2D eigenvalue weighted by Gasteiger charge is -2.21. The number of carbonyl (C=O) groups excluding carboxylic acids is 1. The van der Waals surface area contributed by atoms with E-state index in [1.54, 1.807) is 12.1 Å². The Balaban J connectivity index is 1.86. The van der Waals surface area contributed by atoms with E-state index >= 15 is 0 Å². The molecule has 0 aromatic heterocycles. The molecule has 1 saturated carbocycles. The van der Waals surface area contributed by atoms with Gasteiger partial charge in [-0.1, -0.05) is 19.3 Å². The van der Waals surface area contributed by atoms with Gasteiger partial charge in [0, 0.05) is 12.1 Å². The minimum Gasteiger partial charge on any atom is -0.478 e. The summed E-state index contributed by atoms with van der Waals surface area (Å²) in [5.41, 5.74) is 0.713. The number of hydrogen-bond donors (Lipinski definition) is 2.